The molecule has 0 bridgehead atoms. The number of rotatable bonds is 5. The molecule has 6 heteroatoms. The summed E-state index contributed by atoms with van der Waals surface area (Å²) in [6.45, 7) is 4.65. The third-order valence-electron chi connectivity index (χ3n) is 4.13. The van der Waals surface area contributed by atoms with Gasteiger partial charge in [-0.15, -0.1) is 0 Å². The van der Waals surface area contributed by atoms with Gasteiger partial charge in [0.1, 0.15) is 5.82 Å². The lowest BCUT2D eigenvalue weighted by molar-refractivity contribution is 0.0643. The maximum atomic E-state index is 12.4. The number of piperazine rings is 1. The Morgan fingerprint density at radius 2 is 1.90 bits per heavy atom. The van der Waals surface area contributed by atoms with Crippen LogP contribution in [-0.4, -0.2) is 70.4 Å². The van der Waals surface area contributed by atoms with E-state index in [0.29, 0.717) is 11.5 Å². The molecule has 0 N–H and O–H groups in total. The lowest BCUT2D eigenvalue weighted by Crippen LogP contribution is -2.49. The second kappa shape index (κ2) is 6.75. The van der Waals surface area contributed by atoms with Gasteiger partial charge in [0.25, 0.3) is 5.91 Å². The fourth-order valence-corrected chi connectivity index (χ4v) is 3.02. The molecule has 1 aliphatic heterocycles. The Kier molecular flexibility index (Phi) is 4.75. The van der Waals surface area contributed by atoms with Gasteiger partial charge >= 0.3 is 0 Å². The average molecular weight is 306 g/mol. The summed E-state index contributed by atoms with van der Waals surface area (Å²) in [5.74, 6) is 2.66. The summed E-state index contributed by atoms with van der Waals surface area (Å²) in [6.07, 6.45) is 7.90. The predicted molar refractivity (Wildman–Crippen MR) is 84.7 cm³/mol. The summed E-state index contributed by atoms with van der Waals surface area (Å²) in [6, 6.07) is 0. The number of nitrogens with zero attached hydrogens (tertiary/aromatic N) is 4. The SMILES string of the molecule is CSCCN1CCN(C(=O)c2cnc(C3CC3)nc2)CC1. The maximum Gasteiger partial charge on any atom is 0.257 e. The molecule has 0 unspecified atom stereocenters. The lowest BCUT2D eigenvalue weighted by atomic mass is 10.2. The molecule has 0 radical (unpaired) electrons. The van der Waals surface area contributed by atoms with Crippen LogP contribution < -0.4 is 0 Å². The van der Waals surface area contributed by atoms with Gasteiger partial charge in [0.2, 0.25) is 0 Å². The van der Waals surface area contributed by atoms with Crippen molar-refractivity contribution >= 4 is 17.7 Å². The maximum absolute atomic E-state index is 12.4. The second-order valence-electron chi connectivity index (χ2n) is 5.73. The van der Waals surface area contributed by atoms with Crippen LogP contribution in [0.4, 0.5) is 0 Å². The van der Waals surface area contributed by atoms with E-state index in [2.05, 4.69) is 21.1 Å². The summed E-state index contributed by atoms with van der Waals surface area (Å²) in [4.78, 5) is 25.5. The first-order valence-electron chi connectivity index (χ1n) is 7.60. The molecule has 1 aromatic heterocycles. The molecule has 0 atom stereocenters. The van der Waals surface area contributed by atoms with Gasteiger partial charge in [0, 0.05) is 56.8 Å². The van der Waals surface area contributed by atoms with Crippen LogP contribution in [0.5, 0.6) is 0 Å². The number of amides is 1. The van der Waals surface area contributed by atoms with E-state index in [9.17, 15) is 4.79 Å². The molecule has 1 saturated heterocycles. The number of carbonyl (C=O) groups excluding carboxylic acids is 1. The van der Waals surface area contributed by atoms with Crippen molar-refractivity contribution in [1.29, 1.82) is 0 Å². The highest BCUT2D eigenvalue weighted by Gasteiger charge is 2.27. The van der Waals surface area contributed by atoms with Crippen molar-refractivity contribution in [2.45, 2.75) is 18.8 Å². The summed E-state index contributed by atoms with van der Waals surface area (Å²) >= 11 is 1.87. The van der Waals surface area contributed by atoms with E-state index in [1.807, 2.05) is 16.7 Å². The van der Waals surface area contributed by atoms with Crippen LogP contribution in [0.3, 0.4) is 0 Å². The van der Waals surface area contributed by atoms with E-state index in [1.165, 1.54) is 12.8 Å². The van der Waals surface area contributed by atoms with Crippen LogP contribution >= 0.6 is 11.8 Å². The molecule has 3 rings (SSSR count). The Balaban J connectivity index is 1.53. The highest BCUT2D eigenvalue weighted by molar-refractivity contribution is 7.98. The van der Waals surface area contributed by atoms with Crippen molar-refractivity contribution in [3.8, 4) is 0 Å². The van der Waals surface area contributed by atoms with E-state index < -0.39 is 0 Å². The zero-order valence-corrected chi connectivity index (χ0v) is 13.3. The first kappa shape index (κ1) is 14.8. The molecule has 2 aliphatic rings. The quantitative estimate of drug-likeness (QED) is 0.824. The molecule has 1 aliphatic carbocycles. The molecule has 21 heavy (non-hydrogen) atoms. The fourth-order valence-electron chi connectivity index (χ4n) is 2.58. The number of thioether (sulfide) groups is 1. The molecule has 0 aromatic carbocycles. The number of hydrogen-bond acceptors (Lipinski definition) is 5. The first-order valence-corrected chi connectivity index (χ1v) is 9.00. The van der Waals surface area contributed by atoms with Gasteiger partial charge in [-0.05, 0) is 19.1 Å². The monoisotopic (exact) mass is 306 g/mol. The van der Waals surface area contributed by atoms with Gasteiger partial charge in [-0.3, -0.25) is 9.69 Å². The minimum Gasteiger partial charge on any atom is -0.336 e. The van der Waals surface area contributed by atoms with Gasteiger partial charge in [0.15, 0.2) is 0 Å². The highest BCUT2D eigenvalue weighted by Crippen LogP contribution is 2.37. The predicted octanol–water partition coefficient (Wildman–Crippen LogP) is 1.47. The minimum atomic E-state index is 0.0712. The van der Waals surface area contributed by atoms with Crippen LogP contribution in [0.15, 0.2) is 12.4 Å². The third-order valence-corrected chi connectivity index (χ3v) is 4.72. The van der Waals surface area contributed by atoms with Crippen molar-refractivity contribution < 1.29 is 4.79 Å². The molecule has 1 saturated carbocycles. The van der Waals surface area contributed by atoms with Crippen LogP contribution in [-0.2, 0) is 0 Å². The molecule has 2 heterocycles. The van der Waals surface area contributed by atoms with E-state index in [1.54, 1.807) is 12.4 Å². The Morgan fingerprint density at radius 3 is 2.48 bits per heavy atom. The zero-order valence-electron chi connectivity index (χ0n) is 12.5. The third kappa shape index (κ3) is 3.74. The Morgan fingerprint density at radius 1 is 1.24 bits per heavy atom. The summed E-state index contributed by atoms with van der Waals surface area (Å²) < 4.78 is 0. The van der Waals surface area contributed by atoms with Gasteiger partial charge < -0.3 is 4.90 Å². The molecule has 1 aromatic rings. The standard InChI is InChI=1S/C15H22N4OS/c1-21-9-8-18-4-6-19(7-5-18)15(20)13-10-16-14(17-11-13)12-2-3-12/h10-12H,2-9H2,1H3. The number of aromatic nitrogens is 2. The first-order chi connectivity index (χ1) is 10.3. The van der Waals surface area contributed by atoms with Gasteiger partial charge in [-0.1, -0.05) is 0 Å². The minimum absolute atomic E-state index is 0.0712. The van der Waals surface area contributed by atoms with Crippen LogP contribution in [0.1, 0.15) is 34.9 Å². The molecule has 5 nitrogen and oxygen atoms in total. The van der Waals surface area contributed by atoms with Crippen LogP contribution in [0, 0.1) is 0 Å². The molecule has 0 spiro atoms. The normalized spacial score (nSPS) is 19.8. The summed E-state index contributed by atoms with van der Waals surface area (Å²) in [5.41, 5.74) is 0.622. The van der Waals surface area contributed by atoms with E-state index >= 15 is 0 Å². The zero-order chi connectivity index (χ0) is 14.7. The molecular weight excluding hydrogens is 284 g/mol. The fraction of sp³-hybridized carbons (Fsp3) is 0.667. The van der Waals surface area contributed by atoms with Crippen molar-refractivity contribution in [3.05, 3.63) is 23.8 Å². The second-order valence-corrected chi connectivity index (χ2v) is 6.72. The number of hydrogen-bond donors (Lipinski definition) is 0. The van der Waals surface area contributed by atoms with Crippen molar-refractivity contribution in [2.75, 3.05) is 44.7 Å². The Labute approximate surface area is 130 Å². The van der Waals surface area contributed by atoms with Crippen LogP contribution in [0.2, 0.25) is 0 Å². The Hall–Kier alpha value is -1.14. The molecular formula is C15H22N4OS. The average Bonchev–Trinajstić information content (AvgIpc) is 3.38. The van der Waals surface area contributed by atoms with Crippen molar-refractivity contribution in [1.82, 2.24) is 19.8 Å². The summed E-state index contributed by atoms with van der Waals surface area (Å²) in [7, 11) is 0. The summed E-state index contributed by atoms with van der Waals surface area (Å²) in [5, 5.41) is 0. The lowest BCUT2D eigenvalue weighted by Gasteiger charge is -2.34. The topological polar surface area (TPSA) is 49.3 Å². The van der Waals surface area contributed by atoms with E-state index in [4.69, 9.17) is 0 Å². The van der Waals surface area contributed by atoms with Gasteiger partial charge in [-0.2, -0.15) is 11.8 Å². The van der Waals surface area contributed by atoms with E-state index in [-0.39, 0.29) is 5.91 Å². The largest absolute Gasteiger partial charge is 0.336 e. The molecule has 114 valence electrons. The Bertz CT molecular complexity index is 481. The van der Waals surface area contributed by atoms with E-state index in [0.717, 1.165) is 44.3 Å². The smallest absolute Gasteiger partial charge is 0.257 e. The van der Waals surface area contributed by atoms with Crippen molar-refractivity contribution in [3.63, 3.8) is 0 Å². The van der Waals surface area contributed by atoms with Gasteiger partial charge in [0.05, 0.1) is 5.56 Å². The van der Waals surface area contributed by atoms with Crippen LogP contribution in [0.25, 0.3) is 0 Å². The number of carbonyl (C=O) groups is 1. The van der Waals surface area contributed by atoms with Gasteiger partial charge in [-0.25, -0.2) is 9.97 Å². The highest BCUT2D eigenvalue weighted by atomic mass is 32.2. The van der Waals surface area contributed by atoms with Crippen molar-refractivity contribution in [2.24, 2.45) is 0 Å². The molecule has 2 fully saturated rings. The molecule has 1 amide bonds.